The number of hydrogen-bond acceptors (Lipinski definition) is 7. The summed E-state index contributed by atoms with van der Waals surface area (Å²) in [6.07, 6.45) is 8.10. The lowest BCUT2D eigenvalue weighted by Gasteiger charge is -2.06. The van der Waals surface area contributed by atoms with E-state index in [1.807, 2.05) is 7.05 Å². The molecule has 0 bridgehead atoms. The zero-order valence-electron chi connectivity index (χ0n) is 16.8. The lowest BCUT2D eigenvalue weighted by molar-refractivity contribution is -0.118. The third kappa shape index (κ3) is 20.3. The van der Waals surface area contributed by atoms with E-state index in [0.29, 0.717) is 51.2 Å². The summed E-state index contributed by atoms with van der Waals surface area (Å²) in [6, 6.07) is 0. The van der Waals surface area contributed by atoms with Crippen molar-refractivity contribution in [3.8, 4) is 0 Å². The van der Waals surface area contributed by atoms with Crippen molar-refractivity contribution in [2.75, 3.05) is 58.2 Å². The molecule has 0 aromatic carbocycles. The Balaban J connectivity index is 3.27. The highest BCUT2D eigenvalue weighted by Crippen LogP contribution is 2.20. The van der Waals surface area contributed by atoms with Crippen LogP contribution in [-0.2, 0) is 14.3 Å². The highest BCUT2D eigenvalue weighted by Gasteiger charge is 2.01. The van der Waals surface area contributed by atoms with Crippen LogP contribution in [0.1, 0.15) is 39.5 Å². The third-order valence-corrected chi connectivity index (χ3v) is 5.65. The molecule has 0 heterocycles. The number of ether oxygens (including phenoxy) is 2. The Hall–Kier alpha value is -0.0500. The molecule has 0 aliphatic heterocycles. The largest absolute Gasteiger partial charge is 0.376 e. The van der Waals surface area contributed by atoms with Gasteiger partial charge in [-0.05, 0) is 25.8 Å². The average molecular weight is 407 g/mol. The van der Waals surface area contributed by atoms with E-state index >= 15 is 0 Å². The van der Waals surface area contributed by atoms with Gasteiger partial charge in [-0.1, -0.05) is 54.0 Å². The molecule has 0 amide bonds. The molecule has 0 rings (SSSR count). The Morgan fingerprint density at radius 2 is 2.04 bits per heavy atom. The number of ketones is 1. The van der Waals surface area contributed by atoms with Crippen LogP contribution in [0.15, 0.2) is 12.2 Å². The Bertz CT molecular complexity index is 345. The minimum atomic E-state index is 0.234. The summed E-state index contributed by atoms with van der Waals surface area (Å²) >= 11 is 0. The summed E-state index contributed by atoms with van der Waals surface area (Å²) in [6.45, 7) is 8.49. The van der Waals surface area contributed by atoms with E-state index in [1.165, 1.54) is 12.8 Å². The second-order valence-electron chi connectivity index (χ2n) is 6.16. The van der Waals surface area contributed by atoms with Gasteiger partial charge >= 0.3 is 0 Å². The van der Waals surface area contributed by atoms with Crippen LogP contribution in [0, 0.1) is 5.92 Å². The van der Waals surface area contributed by atoms with Gasteiger partial charge in [0.2, 0.25) is 0 Å². The summed E-state index contributed by atoms with van der Waals surface area (Å²) in [7, 11) is 5.47. The van der Waals surface area contributed by atoms with Gasteiger partial charge in [0.05, 0.1) is 19.8 Å². The number of Topliss-reactive ketones (excluding diaryl/α,β-unsaturated/α-hetero) is 1. The molecule has 0 aliphatic carbocycles. The Morgan fingerprint density at radius 3 is 2.81 bits per heavy atom. The van der Waals surface area contributed by atoms with Gasteiger partial charge in [-0.15, -0.1) is 0 Å². The first-order chi connectivity index (χ1) is 12.7. The number of hydrogen-bond donors (Lipinski definition) is 2. The molecule has 7 heteroatoms. The van der Waals surface area contributed by atoms with Crippen LogP contribution >= 0.6 is 21.6 Å². The van der Waals surface area contributed by atoms with E-state index in [2.05, 4.69) is 36.6 Å². The van der Waals surface area contributed by atoms with E-state index in [4.69, 9.17) is 9.47 Å². The van der Waals surface area contributed by atoms with Crippen LogP contribution in [0.4, 0.5) is 0 Å². The first kappa shape index (κ1) is 26.0. The van der Waals surface area contributed by atoms with Crippen molar-refractivity contribution in [2.45, 2.75) is 39.5 Å². The monoisotopic (exact) mass is 406 g/mol. The molecule has 0 aliphatic rings. The van der Waals surface area contributed by atoms with Gasteiger partial charge in [0.25, 0.3) is 0 Å². The summed E-state index contributed by atoms with van der Waals surface area (Å²) < 4.78 is 11.0. The van der Waals surface area contributed by atoms with Gasteiger partial charge in [-0.2, -0.15) is 0 Å². The zero-order valence-corrected chi connectivity index (χ0v) is 18.4. The SMILES string of the molecule is CCCC(C)/C=C/COCCNCC(=O)CCCOCSSCCNC. The molecule has 26 heavy (non-hydrogen) atoms. The van der Waals surface area contributed by atoms with Crippen molar-refractivity contribution in [2.24, 2.45) is 5.92 Å². The second-order valence-corrected chi connectivity index (χ2v) is 8.69. The van der Waals surface area contributed by atoms with Crippen molar-refractivity contribution >= 4 is 27.4 Å². The van der Waals surface area contributed by atoms with Gasteiger partial charge in [-0.25, -0.2) is 0 Å². The van der Waals surface area contributed by atoms with E-state index in [0.717, 1.165) is 18.7 Å². The first-order valence-electron chi connectivity index (χ1n) is 9.64. The molecular weight excluding hydrogens is 368 g/mol. The van der Waals surface area contributed by atoms with Crippen molar-refractivity contribution in [1.82, 2.24) is 10.6 Å². The summed E-state index contributed by atoms with van der Waals surface area (Å²) in [4.78, 5) is 11.7. The summed E-state index contributed by atoms with van der Waals surface area (Å²) in [5.74, 6) is 2.62. The number of rotatable bonds is 20. The van der Waals surface area contributed by atoms with E-state index in [-0.39, 0.29) is 5.78 Å². The predicted octanol–water partition coefficient (Wildman–Crippen LogP) is 3.51. The minimum absolute atomic E-state index is 0.234. The third-order valence-electron chi connectivity index (χ3n) is 3.56. The molecule has 0 radical (unpaired) electrons. The molecule has 0 spiro atoms. The quantitative estimate of drug-likeness (QED) is 0.139. The minimum Gasteiger partial charge on any atom is -0.376 e. The topological polar surface area (TPSA) is 59.6 Å². The standard InChI is InChI=1S/C19H38N2O3S2/c1-4-7-18(2)8-5-12-23-14-10-21-16-19(22)9-6-13-24-17-26-25-15-11-20-3/h5,8,18,20-21H,4,6-7,9-17H2,1-3H3/b8-5+. The zero-order chi connectivity index (χ0) is 19.3. The van der Waals surface area contributed by atoms with Crippen molar-refractivity contribution < 1.29 is 14.3 Å². The fourth-order valence-electron chi connectivity index (χ4n) is 2.15. The fraction of sp³-hybridized carbons (Fsp3) is 0.842. The lowest BCUT2D eigenvalue weighted by Crippen LogP contribution is -2.26. The van der Waals surface area contributed by atoms with E-state index in [1.54, 1.807) is 21.6 Å². The Kier molecular flexibility index (Phi) is 21.2. The van der Waals surface area contributed by atoms with Crippen molar-refractivity contribution in [3.05, 3.63) is 12.2 Å². The van der Waals surface area contributed by atoms with Crippen LogP contribution < -0.4 is 10.6 Å². The molecule has 1 unspecified atom stereocenters. The number of nitrogens with one attached hydrogen (secondary N) is 2. The smallest absolute Gasteiger partial charge is 0.146 e. The van der Waals surface area contributed by atoms with Crippen LogP contribution in [0.2, 0.25) is 0 Å². The maximum absolute atomic E-state index is 11.7. The number of carbonyl (C=O) groups excluding carboxylic acids is 1. The van der Waals surface area contributed by atoms with E-state index in [9.17, 15) is 4.79 Å². The number of allylic oxidation sites excluding steroid dienone is 1. The van der Waals surface area contributed by atoms with Crippen LogP contribution in [0.3, 0.4) is 0 Å². The Morgan fingerprint density at radius 1 is 1.19 bits per heavy atom. The lowest BCUT2D eigenvalue weighted by atomic mass is 10.1. The molecule has 0 saturated carbocycles. The van der Waals surface area contributed by atoms with Gasteiger partial charge < -0.3 is 20.1 Å². The molecule has 1 atom stereocenters. The molecule has 0 aromatic heterocycles. The Labute approximate surface area is 168 Å². The van der Waals surface area contributed by atoms with Crippen molar-refractivity contribution in [1.29, 1.82) is 0 Å². The van der Waals surface area contributed by atoms with Gasteiger partial charge in [0.1, 0.15) is 11.7 Å². The molecule has 154 valence electrons. The maximum atomic E-state index is 11.7. The molecule has 2 N–H and O–H groups in total. The van der Waals surface area contributed by atoms with Gasteiger partial charge in [0, 0.05) is 31.9 Å². The van der Waals surface area contributed by atoms with Gasteiger partial charge in [0.15, 0.2) is 0 Å². The second kappa shape index (κ2) is 21.3. The molecule has 5 nitrogen and oxygen atoms in total. The highest BCUT2D eigenvalue weighted by molar-refractivity contribution is 8.76. The van der Waals surface area contributed by atoms with Crippen LogP contribution in [-0.4, -0.2) is 64.0 Å². The maximum Gasteiger partial charge on any atom is 0.146 e. The predicted molar refractivity (Wildman–Crippen MR) is 116 cm³/mol. The fourth-order valence-corrected chi connectivity index (χ4v) is 3.82. The first-order valence-corrected chi connectivity index (χ1v) is 12.1. The van der Waals surface area contributed by atoms with Gasteiger partial charge in [-0.3, -0.25) is 4.79 Å². The van der Waals surface area contributed by atoms with Crippen LogP contribution in [0.5, 0.6) is 0 Å². The molecule has 0 fully saturated rings. The van der Waals surface area contributed by atoms with Crippen molar-refractivity contribution in [3.63, 3.8) is 0 Å². The summed E-state index contributed by atoms with van der Waals surface area (Å²) in [5.41, 5.74) is 0. The number of carbonyl (C=O) groups is 1. The van der Waals surface area contributed by atoms with E-state index < -0.39 is 0 Å². The summed E-state index contributed by atoms with van der Waals surface area (Å²) in [5, 5.41) is 6.24. The molecular formula is C19H38N2O3S2. The van der Waals surface area contributed by atoms with Crippen LogP contribution in [0.25, 0.3) is 0 Å². The highest BCUT2D eigenvalue weighted by atomic mass is 33.1. The normalized spacial score (nSPS) is 12.7. The average Bonchev–Trinajstić information content (AvgIpc) is 2.62. The molecule has 0 saturated heterocycles. The molecule has 0 aromatic rings.